The lowest BCUT2D eigenvalue weighted by Crippen LogP contribution is -2.45. The van der Waals surface area contributed by atoms with Crippen LogP contribution in [0.2, 0.25) is 0 Å². The van der Waals surface area contributed by atoms with E-state index in [1.165, 1.54) is 0 Å². The summed E-state index contributed by atoms with van der Waals surface area (Å²) in [4.78, 5) is 4.10. The lowest BCUT2D eigenvalue weighted by atomic mass is 9.77. The van der Waals surface area contributed by atoms with Crippen molar-refractivity contribution >= 4 is 0 Å². The summed E-state index contributed by atoms with van der Waals surface area (Å²) < 4.78 is 11.5. The number of hydrogen-bond acceptors (Lipinski definition) is 4. The molecule has 110 valence electrons. The molecule has 1 aromatic rings. The average molecular weight is 277 g/mol. The fraction of sp³-hybridized carbons (Fsp3) is 0.688. The minimum absolute atomic E-state index is 0.0664. The highest BCUT2D eigenvalue weighted by atomic mass is 16.5. The van der Waals surface area contributed by atoms with Gasteiger partial charge < -0.3 is 14.6 Å². The normalized spacial score (nSPS) is 27.4. The first kappa shape index (κ1) is 14.0. The van der Waals surface area contributed by atoms with Crippen molar-refractivity contribution in [2.45, 2.75) is 44.3 Å². The summed E-state index contributed by atoms with van der Waals surface area (Å²) in [7, 11) is 0. The van der Waals surface area contributed by atoms with Gasteiger partial charge in [0, 0.05) is 32.2 Å². The Balaban J connectivity index is 1.75. The van der Waals surface area contributed by atoms with E-state index in [4.69, 9.17) is 9.47 Å². The Morgan fingerprint density at radius 1 is 1.35 bits per heavy atom. The van der Waals surface area contributed by atoms with Crippen LogP contribution in [-0.2, 0) is 9.47 Å². The number of aryl methyl sites for hydroxylation is 1. The highest BCUT2D eigenvalue weighted by molar-refractivity contribution is 5.24. The van der Waals surface area contributed by atoms with Crippen LogP contribution in [-0.4, -0.2) is 35.5 Å². The van der Waals surface area contributed by atoms with Crippen LogP contribution in [0.15, 0.2) is 18.5 Å². The van der Waals surface area contributed by atoms with Crippen LogP contribution >= 0.6 is 0 Å². The van der Waals surface area contributed by atoms with Crippen molar-refractivity contribution in [1.29, 1.82) is 0 Å². The van der Waals surface area contributed by atoms with Crippen molar-refractivity contribution in [2.24, 2.45) is 5.92 Å². The van der Waals surface area contributed by atoms with Gasteiger partial charge in [-0.25, -0.2) is 0 Å². The second kappa shape index (κ2) is 5.80. The molecule has 1 aromatic heterocycles. The molecule has 2 fully saturated rings. The minimum Gasteiger partial charge on any atom is -0.388 e. The van der Waals surface area contributed by atoms with Crippen LogP contribution in [0.25, 0.3) is 0 Å². The van der Waals surface area contributed by atoms with Gasteiger partial charge in [0.25, 0.3) is 0 Å². The SMILES string of the molecule is Cc1cnccc1C(O)C1CCOC2(CCOCC2)C1. The third-order valence-electron chi connectivity index (χ3n) is 4.76. The Morgan fingerprint density at radius 3 is 2.90 bits per heavy atom. The summed E-state index contributed by atoms with van der Waals surface area (Å²) in [6, 6.07) is 1.94. The van der Waals surface area contributed by atoms with Gasteiger partial charge in [-0.15, -0.1) is 0 Å². The summed E-state index contributed by atoms with van der Waals surface area (Å²) >= 11 is 0. The van der Waals surface area contributed by atoms with Crippen molar-refractivity contribution in [3.8, 4) is 0 Å². The van der Waals surface area contributed by atoms with E-state index in [-0.39, 0.29) is 11.5 Å². The van der Waals surface area contributed by atoms with Crippen LogP contribution in [0.5, 0.6) is 0 Å². The van der Waals surface area contributed by atoms with Gasteiger partial charge in [-0.1, -0.05) is 0 Å². The number of rotatable bonds is 2. The fourth-order valence-corrected chi connectivity index (χ4v) is 3.50. The van der Waals surface area contributed by atoms with E-state index in [2.05, 4.69) is 4.98 Å². The van der Waals surface area contributed by atoms with Crippen molar-refractivity contribution in [3.05, 3.63) is 29.6 Å². The predicted octanol–water partition coefficient (Wildman–Crippen LogP) is 2.40. The first-order valence-corrected chi connectivity index (χ1v) is 7.50. The maximum atomic E-state index is 10.7. The topological polar surface area (TPSA) is 51.6 Å². The summed E-state index contributed by atoms with van der Waals surface area (Å²) in [6.07, 6.45) is 6.92. The van der Waals surface area contributed by atoms with Crippen molar-refractivity contribution in [2.75, 3.05) is 19.8 Å². The van der Waals surface area contributed by atoms with Gasteiger partial charge >= 0.3 is 0 Å². The maximum absolute atomic E-state index is 10.7. The molecule has 4 heteroatoms. The average Bonchev–Trinajstić information content (AvgIpc) is 2.48. The predicted molar refractivity (Wildman–Crippen MR) is 75.4 cm³/mol. The highest BCUT2D eigenvalue weighted by Gasteiger charge is 2.41. The molecule has 2 aliphatic heterocycles. The maximum Gasteiger partial charge on any atom is 0.0823 e. The monoisotopic (exact) mass is 277 g/mol. The number of hydrogen-bond donors (Lipinski definition) is 1. The van der Waals surface area contributed by atoms with Crippen LogP contribution in [0.1, 0.15) is 42.9 Å². The molecular formula is C16H23NO3. The quantitative estimate of drug-likeness (QED) is 0.902. The summed E-state index contributed by atoms with van der Waals surface area (Å²) in [5.41, 5.74) is 2.00. The van der Waals surface area contributed by atoms with Gasteiger partial charge in [-0.3, -0.25) is 4.98 Å². The van der Waals surface area contributed by atoms with E-state index in [9.17, 15) is 5.11 Å². The summed E-state index contributed by atoms with van der Waals surface area (Å²) in [5.74, 6) is 0.267. The number of aliphatic hydroxyl groups excluding tert-OH is 1. The third kappa shape index (κ3) is 2.73. The zero-order valence-electron chi connectivity index (χ0n) is 12.0. The van der Waals surface area contributed by atoms with Gasteiger partial charge in [0.1, 0.15) is 0 Å². The number of ether oxygens (including phenoxy) is 2. The Kier molecular flexibility index (Phi) is 4.06. The lowest BCUT2D eigenvalue weighted by Gasteiger charge is -2.44. The molecule has 20 heavy (non-hydrogen) atoms. The molecule has 0 amide bonds. The molecular weight excluding hydrogens is 254 g/mol. The number of aliphatic hydroxyl groups is 1. The van der Waals surface area contributed by atoms with Gasteiger partial charge in [0.2, 0.25) is 0 Å². The van der Waals surface area contributed by atoms with Crippen LogP contribution in [0, 0.1) is 12.8 Å². The standard InChI is InChI=1S/C16H23NO3/c1-12-11-17-6-2-14(12)15(18)13-3-7-20-16(10-13)4-8-19-9-5-16/h2,6,11,13,15,18H,3-5,7-10H2,1H3. The number of aromatic nitrogens is 1. The first-order chi connectivity index (χ1) is 9.70. The molecule has 3 heterocycles. The van der Waals surface area contributed by atoms with E-state index in [1.54, 1.807) is 6.20 Å². The Hall–Kier alpha value is -0.970. The molecule has 4 nitrogen and oxygen atoms in total. The first-order valence-electron chi connectivity index (χ1n) is 7.50. The second-order valence-corrected chi connectivity index (χ2v) is 6.07. The molecule has 0 aromatic carbocycles. The van der Waals surface area contributed by atoms with Crippen molar-refractivity contribution < 1.29 is 14.6 Å². The molecule has 0 bridgehead atoms. The summed E-state index contributed by atoms with van der Waals surface area (Å²) in [5, 5.41) is 10.7. The van der Waals surface area contributed by atoms with Gasteiger partial charge in [0.05, 0.1) is 11.7 Å². The Bertz CT molecular complexity index is 451. The molecule has 2 saturated heterocycles. The molecule has 2 aliphatic rings. The van der Waals surface area contributed by atoms with E-state index in [0.29, 0.717) is 0 Å². The van der Waals surface area contributed by atoms with Gasteiger partial charge in [0.15, 0.2) is 0 Å². The van der Waals surface area contributed by atoms with E-state index >= 15 is 0 Å². The molecule has 0 radical (unpaired) electrons. The van der Waals surface area contributed by atoms with Crippen LogP contribution in [0.4, 0.5) is 0 Å². The Labute approximate surface area is 120 Å². The zero-order valence-corrected chi connectivity index (χ0v) is 12.0. The molecule has 1 spiro atoms. The van der Waals surface area contributed by atoms with E-state index in [1.807, 2.05) is 19.2 Å². The molecule has 1 N–H and O–H groups in total. The molecule has 2 atom stereocenters. The Morgan fingerprint density at radius 2 is 2.15 bits per heavy atom. The largest absolute Gasteiger partial charge is 0.388 e. The molecule has 0 aliphatic carbocycles. The molecule has 2 unspecified atom stereocenters. The van der Waals surface area contributed by atoms with E-state index in [0.717, 1.165) is 56.6 Å². The fourth-order valence-electron chi connectivity index (χ4n) is 3.50. The third-order valence-corrected chi connectivity index (χ3v) is 4.76. The smallest absolute Gasteiger partial charge is 0.0823 e. The molecule has 0 saturated carbocycles. The minimum atomic E-state index is -0.415. The number of pyridine rings is 1. The summed E-state index contributed by atoms with van der Waals surface area (Å²) in [6.45, 7) is 4.30. The second-order valence-electron chi connectivity index (χ2n) is 6.07. The zero-order chi connectivity index (χ0) is 14.0. The van der Waals surface area contributed by atoms with Crippen molar-refractivity contribution in [1.82, 2.24) is 4.98 Å². The van der Waals surface area contributed by atoms with Crippen molar-refractivity contribution in [3.63, 3.8) is 0 Å². The van der Waals surface area contributed by atoms with Gasteiger partial charge in [-0.2, -0.15) is 0 Å². The molecule has 3 rings (SSSR count). The van der Waals surface area contributed by atoms with Crippen LogP contribution < -0.4 is 0 Å². The van der Waals surface area contributed by atoms with E-state index < -0.39 is 6.10 Å². The number of nitrogens with zero attached hydrogens (tertiary/aromatic N) is 1. The van der Waals surface area contributed by atoms with Gasteiger partial charge in [-0.05, 0) is 55.7 Å². The lowest BCUT2D eigenvalue weighted by molar-refractivity contribution is -0.159. The van der Waals surface area contributed by atoms with Crippen LogP contribution in [0.3, 0.4) is 0 Å². The highest BCUT2D eigenvalue weighted by Crippen LogP contribution is 2.42.